The van der Waals surface area contributed by atoms with Crippen LogP contribution in [-0.2, 0) is 4.79 Å². The van der Waals surface area contributed by atoms with Crippen LogP contribution in [0.4, 0.5) is 5.69 Å². The molecule has 6 heteroatoms. The molecule has 2 amide bonds. The molecule has 0 bridgehead atoms. The molecule has 0 atom stereocenters. The minimum Gasteiger partial charge on any atom is -0.399 e. The summed E-state index contributed by atoms with van der Waals surface area (Å²) in [6.45, 7) is 0.378. The van der Waals surface area contributed by atoms with Gasteiger partial charge in [0.2, 0.25) is 5.91 Å². The number of nitrogens with one attached hydrogen (secondary N) is 1. The molecule has 2 rings (SSSR count). The van der Waals surface area contributed by atoms with Crippen LogP contribution in [0.2, 0.25) is 0 Å². The van der Waals surface area contributed by atoms with Gasteiger partial charge < -0.3 is 16.0 Å². The number of amides is 2. The topological polar surface area (TPSA) is 99.2 Å². The number of hydrogen-bond acceptors (Lipinski definition) is 4. The van der Waals surface area contributed by atoms with E-state index in [4.69, 9.17) is 11.0 Å². The summed E-state index contributed by atoms with van der Waals surface area (Å²) in [4.78, 5) is 25.7. The highest BCUT2D eigenvalue weighted by Gasteiger charge is 2.32. The molecule has 0 radical (unpaired) electrons. The highest BCUT2D eigenvalue weighted by Crippen LogP contribution is 2.26. The van der Waals surface area contributed by atoms with Crippen LogP contribution < -0.4 is 11.1 Å². The molecule has 0 aliphatic heterocycles. The van der Waals surface area contributed by atoms with Gasteiger partial charge in [-0.2, -0.15) is 5.26 Å². The van der Waals surface area contributed by atoms with Gasteiger partial charge in [0.1, 0.15) is 0 Å². The number of benzene rings is 1. The quantitative estimate of drug-likeness (QED) is 0.759. The Kier molecular flexibility index (Phi) is 4.77. The molecule has 6 nitrogen and oxygen atoms in total. The van der Waals surface area contributed by atoms with E-state index in [0.717, 1.165) is 12.8 Å². The van der Waals surface area contributed by atoms with Crippen LogP contribution in [0.3, 0.4) is 0 Å². The first-order chi connectivity index (χ1) is 10.1. The highest BCUT2D eigenvalue weighted by molar-refractivity contribution is 5.96. The molecule has 0 spiro atoms. The number of carbonyl (C=O) groups excluding carboxylic acids is 2. The summed E-state index contributed by atoms with van der Waals surface area (Å²) in [6.07, 6.45) is 2.26. The first kappa shape index (κ1) is 14.9. The predicted molar refractivity (Wildman–Crippen MR) is 78.2 cm³/mol. The molecule has 1 aliphatic rings. The van der Waals surface area contributed by atoms with Crippen LogP contribution in [0.25, 0.3) is 0 Å². The van der Waals surface area contributed by atoms with Crippen molar-refractivity contribution in [2.75, 3.05) is 18.8 Å². The van der Waals surface area contributed by atoms with Crippen molar-refractivity contribution in [3.05, 3.63) is 29.8 Å². The van der Waals surface area contributed by atoms with Crippen LogP contribution in [0.15, 0.2) is 24.3 Å². The van der Waals surface area contributed by atoms with Crippen molar-refractivity contribution >= 4 is 17.5 Å². The van der Waals surface area contributed by atoms with E-state index in [1.807, 2.05) is 6.07 Å². The molecule has 3 N–H and O–H groups in total. The fraction of sp³-hybridized carbons (Fsp3) is 0.400. The zero-order valence-corrected chi connectivity index (χ0v) is 11.7. The average Bonchev–Trinajstić information content (AvgIpc) is 3.30. The lowest BCUT2D eigenvalue weighted by Gasteiger charge is -2.21. The van der Waals surface area contributed by atoms with Crippen LogP contribution in [0.5, 0.6) is 0 Å². The Hall–Kier alpha value is -2.55. The van der Waals surface area contributed by atoms with Crippen molar-refractivity contribution in [3.63, 3.8) is 0 Å². The Morgan fingerprint density at radius 1 is 1.33 bits per heavy atom. The van der Waals surface area contributed by atoms with Crippen molar-refractivity contribution in [1.82, 2.24) is 10.2 Å². The molecule has 1 aliphatic carbocycles. The van der Waals surface area contributed by atoms with E-state index in [0.29, 0.717) is 24.2 Å². The lowest BCUT2D eigenvalue weighted by atomic mass is 10.2. The molecule has 1 fully saturated rings. The fourth-order valence-corrected chi connectivity index (χ4v) is 2.06. The second-order valence-corrected chi connectivity index (χ2v) is 5.03. The number of rotatable bonds is 6. The first-order valence-electron chi connectivity index (χ1n) is 6.92. The van der Waals surface area contributed by atoms with Crippen molar-refractivity contribution < 1.29 is 9.59 Å². The summed E-state index contributed by atoms with van der Waals surface area (Å²) in [6, 6.07) is 8.78. The van der Waals surface area contributed by atoms with E-state index in [1.54, 1.807) is 29.2 Å². The van der Waals surface area contributed by atoms with Crippen molar-refractivity contribution in [3.8, 4) is 6.07 Å². The van der Waals surface area contributed by atoms with Gasteiger partial charge in [-0.15, -0.1) is 0 Å². The van der Waals surface area contributed by atoms with E-state index in [1.165, 1.54) is 0 Å². The SMILES string of the molecule is N#CCCN(C(=O)CNC(=O)c1ccc(N)cc1)C1CC1. The van der Waals surface area contributed by atoms with Gasteiger partial charge in [0.25, 0.3) is 5.91 Å². The number of nitrogens with two attached hydrogens (primary N) is 1. The number of nitriles is 1. The molecule has 21 heavy (non-hydrogen) atoms. The van der Waals surface area contributed by atoms with Crippen molar-refractivity contribution in [1.29, 1.82) is 5.26 Å². The molecular weight excluding hydrogens is 268 g/mol. The molecule has 1 aromatic carbocycles. The average molecular weight is 286 g/mol. The zero-order chi connectivity index (χ0) is 15.2. The lowest BCUT2D eigenvalue weighted by molar-refractivity contribution is -0.130. The Labute approximate surface area is 123 Å². The summed E-state index contributed by atoms with van der Waals surface area (Å²) in [5.74, 6) is -0.448. The van der Waals surface area contributed by atoms with Gasteiger partial charge in [0, 0.05) is 23.8 Å². The summed E-state index contributed by atoms with van der Waals surface area (Å²) < 4.78 is 0. The largest absolute Gasteiger partial charge is 0.399 e. The molecule has 1 aromatic rings. The van der Waals surface area contributed by atoms with Crippen LogP contribution in [-0.4, -0.2) is 35.8 Å². The molecule has 0 saturated heterocycles. The van der Waals surface area contributed by atoms with E-state index in [9.17, 15) is 9.59 Å². The third-order valence-electron chi connectivity index (χ3n) is 3.35. The second kappa shape index (κ2) is 6.75. The molecule has 0 unspecified atom stereocenters. The maximum Gasteiger partial charge on any atom is 0.251 e. The number of anilines is 1. The smallest absolute Gasteiger partial charge is 0.251 e. The van der Waals surface area contributed by atoms with Crippen LogP contribution in [0, 0.1) is 11.3 Å². The third kappa shape index (κ3) is 4.21. The lowest BCUT2D eigenvalue weighted by Crippen LogP contribution is -2.41. The number of nitrogens with zero attached hydrogens (tertiary/aromatic N) is 2. The summed E-state index contributed by atoms with van der Waals surface area (Å²) >= 11 is 0. The third-order valence-corrected chi connectivity index (χ3v) is 3.35. The summed E-state index contributed by atoms with van der Waals surface area (Å²) in [7, 11) is 0. The number of hydrogen-bond donors (Lipinski definition) is 2. The van der Waals surface area contributed by atoms with E-state index >= 15 is 0 Å². The Morgan fingerprint density at radius 2 is 2.00 bits per heavy atom. The maximum atomic E-state index is 12.1. The van der Waals surface area contributed by atoms with Gasteiger partial charge in [-0.1, -0.05) is 0 Å². The van der Waals surface area contributed by atoms with Gasteiger partial charge in [-0.3, -0.25) is 9.59 Å². The van der Waals surface area contributed by atoms with Crippen LogP contribution >= 0.6 is 0 Å². The predicted octanol–water partition coefficient (Wildman–Crippen LogP) is 0.903. The first-order valence-corrected chi connectivity index (χ1v) is 6.92. The van der Waals surface area contributed by atoms with Gasteiger partial charge >= 0.3 is 0 Å². The molecule has 0 heterocycles. The maximum absolute atomic E-state index is 12.1. The molecule has 110 valence electrons. The standard InChI is InChI=1S/C15H18N4O2/c16-8-1-9-19(13-6-7-13)14(20)10-18-15(21)11-2-4-12(17)5-3-11/h2-5,13H,1,6-7,9-10,17H2,(H,18,21). The van der Waals surface area contributed by atoms with E-state index in [2.05, 4.69) is 5.32 Å². The second-order valence-electron chi connectivity index (χ2n) is 5.03. The zero-order valence-electron chi connectivity index (χ0n) is 11.7. The Bertz CT molecular complexity index is 558. The minimum atomic E-state index is -0.306. The summed E-state index contributed by atoms with van der Waals surface area (Å²) in [5.41, 5.74) is 6.60. The van der Waals surface area contributed by atoms with E-state index in [-0.39, 0.29) is 24.4 Å². The van der Waals surface area contributed by atoms with Gasteiger partial charge in [-0.25, -0.2) is 0 Å². The summed E-state index contributed by atoms with van der Waals surface area (Å²) in [5, 5.41) is 11.2. The normalized spacial score (nSPS) is 13.3. The Balaban J connectivity index is 1.86. The molecular formula is C15H18N4O2. The minimum absolute atomic E-state index is 0.0505. The number of carbonyl (C=O) groups is 2. The Morgan fingerprint density at radius 3 is 2.57 bits per heavy atom. The van der Waals surface area contributed by atoms with E-state index < -0.39 is 0 Å². The number of nitrogen functional groups attached to an aromatic ring is 1. The monoisotopic (exact) mass is 286 g/mol. The van der Waals surface area contributed by atoms with Gasteiger partial charge in [-0.05, 0) is 37.1 Å². The van der Waals surface area contributed by atoms with Crippen molar-refractivity contribution in [2.24, 2.45) is 0 Å². The molecule has 0 aromatic heterocycles. The van der Waals surface area contributed by atoms with Crippen LogP contribution in [0.1, 0.15) is 29.6 Å². The van der Waals surface area contributed by atoms with Gasteiger partial charge in [0.05, 0.1) is 19.0 Å². The van der Waals surface area contributed by atoms with Gasteiger partial charge in [0.15, 0.2) is 0 Å². The fourth-order valence-electron chi connectivity index (χ4n) is 2.06. The molecule has 1 saturated carbocycles. The highest BCUT2D eigenvalue weighted by atomic mass is 16.2. The van der Waals surface area contributed by atoms with Crippen molar-refractivity contribution in [2.45, 2.75) is 25.3 Å².